The maximum absolute atomic E-state index is 13.0. The Morgan fingerprint density at radius 3 is 2.23 bits per heavy atom. The summed E-state index contributed by atoms with van der Waals surface area (Å²) in [5, 5.41) is 1.89. The highest BCUT2D eigenvalue weighted by Crippen LogP contribution is 2.60. The van der Waals surface area contributed by atoms with Crippen molar-refractivity contribution in [3.63, 3.8) is 0 Å². The van der Waals surface area contributed by atoms with Crippen LogP contribution in [0, 0.1) is 23.2 Å². The smallest absolute Gasteiger partial charge is 0.281 e. The zero-order chi connectivity index (χ0) is 17.7. The third-order valence-electron chi connectivity index (χ3n) is 6.54. The van der Waals surface area contributed by atoms with Crippen LogP contribution in [0.3, 0.4) is 0 Å². The number of carbonyl (C=O) groups is 2. The van der Waals surface area contributed by atoms with Crippen molar-refractivity contribution < 1.29 is 9.59 Å². The molecule has 26 heavy (non-hydrogen) atoms. The fourth-order valence-corrected chi connectivity index (χ4v) is 6.65. The normalized spacial score (nSPS) is 31.8. The summed E-state index contributed by atoms with van der Waals surface area (Å²) in [7, 11) is 0. The molecule has 0 radical (unpaired) electrons. The number of nitrogens with zero attached hydrogens (tertiary/aromatic N) is 1. The maximum atomic E-state index is 13.0. The zero-order valence-electron chi connectivity index (χ0n) is 14.6. The molecule has 0 aromatic carbocycles. The molecule has 5 nitrogen and oxygen atoms in total. The van der Waals surface area contributed by atoms with Gasteiger partial charge in [-0.3, -0.25) is 20.4 Å². The zero-order valence-corrected chi connectivity index (χ0v) is 15.4. The molecule has 2 aromatic heterocycles. The van der Waals surface area contributed by atoms with Gasteiger partial charge in [0.15, 0.2) is 0 Å². The van der Waals surface area contributed by atoms with Crippen molar-refractivity contribution in [1.29, 1.82) is 0 Å². The highest BCUT2D eigenvalue weighted by molar-refractivity contribution is 7.12. The first-order valence-electron chi connectivity index (χ1n) is 9.44. The van der Waals surface area contributed by atoms with Gasteiger partial charge >= 0.3 is 0 Å². The van der Waals surface area contributed by atoms with Crippen LogP contribution in [-0.2, 0) is 4.79 Å². The quantitative estimate of drug-likeness (QED) is 0.813. The molecule has 4 aliphatic rings. The van der Waals surface area contributed by atoms with E-state index in [9.17, 15) is 9.59 Å². The summed E-state index contributed by atoms with van der Waals surface area (Å²) >= 11 is 1.38. The Kier molecular flexibility index (Phi) is 3.71. The minimum absolute atomic E-state index is 0.0176. The standard InChI is InChI=1S/C20H23N3O2S/c24-18(17-16(3-6-26-17)23-4-1-2-5-23)21-22-19(25)20-10-13-7-14(11-20)9-15(8-13)12-20/h1-6,13-15H,7-12H2,(H,21,24)(H,22,25). The lowest BCUT2D eigenvalue weighted by Crippen LogP contribution is -2.56. The molecule has 2 amide bonds. The molecule has 6 rings (SSSR count). The Morgan fingerprint density at radius 2 is 1.62 bits per heavy atom. The van der Waals surface area contributed by atoms with E-state index in [4.69, 9.17) is 0 Å². The van der Waals surface area contributed by atoms with E-state index in [1.807, 2.05) is 40.5 Å². The summed E-state index contributed by atoms with van der Waals surface area (Å²) in [5.41, 5.74) is 6.02. The molecule has 6 heteroatoms. The minimum atomic E-state index is -0.249. The number of thiophene rings is 1. The molecule has 0 aliphatic heterocycles. The second-order valence-corrected chi connectivity index (χ2v) is 9.25. The van der Waals surface area contributed by atoms with Gasteiger partial charge in [-0.25, -0.2) is 0 Å². The minimum Gasteiger partial charge on any atom is -0.322 e. The van der Waals surface area contributed by atoms with Crippen LogP contribution in [0.1, 0.15) is 48.2 Å². The molecule has 0 unspecified atom stereocenters. The van der Waals surface area contributed by atoms with Crippen LogP contribution in [0.4, 0.5) is 0 Å². The third-order valence-corrected chi connectivity index (χ3v) is 7.45. The number of rotatable bonds is 3. The van der Waals surface area contributed by atoms with E-state index in [1.165, 1.54) is 30.6 Å². The lowest BCUT2D eigenvalue weighted by molar-refractivity contribution is -0.147. The molecule has 2 aromatic rings. The number of hydrogen-bond acceptors (Lipinski definition) is 3. The highest BCUT2D eigenvalue weighted by atomic mass is 32.1. The number of hydrazine groups is 1. The Balaban J connectivity index is 1.28. The Morgan fingerprint density at radius 1 is 1.00 bits per heavy atom. The number of nitrogens with one attached hydrogen (secondary N) is 2. The van der Waals surface area contributed by atoms with Crippen LogP contribution in [0.5, 0.6) is 0 Å². The molecular formula is C20H23N3O2S. The monoisotopic (exact) mass is 369 g/mol. The number of hydrogen-bond donors (Lipinski definition) is 2. The van der Waals surface area contributed by atoms with Gasteiger partial charge in [-0.2, -0.15) is 0 Å². The average molecular weight is 369 g/mol. The van der Waals surface area contributed by atoms with Crippen LogP contribution in [0.2, 0.25) is 0 Å². The number of aromatic nitrogens is 1. The molecule has 0 spiro atoms. The molecule has 4 saturated carbocycles. The van der Waals surface area contributed by atoms with Crippen LogP contribution in [-0.4, -0.2) is 16.4 Å². The Labute approximate surface area is 156 Å². The summed E-state index contributed by atoms with van der Waals surface area (Å²) < 4.78 is 1.91. The van der Waals surface area contributed by atoms with Gasteiger partial charge in [-0.05, 0) is 79.9 Å². The fraction of sp³-hybridized carbons (Fsp3) is 0.500. The summed E-state index contributed by atoms with van der Waals surface area (Å²) in [6.07, 6.45) is 10.7. The van der Waals surface area contributed by atoms with Gasteiger partial charge < -0.3 is 4.57 Å². The van der Waals surface area contributed by atoms with Gasteiger partial charge in [-0.15, -0.1) is 11.3 Å². The summed E-state index contributed by atoms with van der Waals surface area (Å²) in [5.74, 6) is 1.90. The van der Waals surface area contributed by atoms with Crippen LogP contribution >= 0.6 is 11.3 Å². The van der Waals surface area contributed by atoms with Crippen molar-refractivity contribution in [3.8, 4) is 5.69 Å². The molecule has 4 bridgehead atoms. The topological polar surface area (TPSA) is 63.1 Å². The van der Waals surface area contributed by atoms with E-state index in [1.54, 1.807) is 0 Å². The van der Waals surface area contributed by atoms with Crippen LogP contribution in [0.25, 0.3) is 5.69 Å². The van der Waals surface area contributed by atoms with Crippen molar-refractivity contribution in [2.75, 3.05) is 0 Å². The first-order chi connectivity index (χ1) is 12.6. The largest absolute Gasteiger partial charge is 0.322 e. The Bertz CT molecular complexity index is 804. The van der Waals surface area contributed by atoms with E-state index in [-0.39, 0.29) is 17.2 Å². The maximum Gasteiger partial charge on any atom is 0.281 e. The van der Waals surface area contributed by atoms with Crippen molar-refractivity contribution in [1.82, 2.24) is 15.4 Å². The molecule has 2 N–H and O–H groups in total. The summed E-state index contributed by atoms with van der Waals surface area (Å²) in [4.78, 5) is 26.2. The van der Waals surface area contributed by atoms with E-state index in [2.05, 4.69) is 10.9 Å². The van der Waals surface area contributed by atoms with Crippen LogP contribution < -0.4 is 10.9 Å². The SMILES string of the molecule is O=C(NNC(=O)C12CC3CC(CC(C3)C1)C2)c1sccc1-n1cccc1. The van der Waals surface area contributed by atoms with Crippen molar-refractivity contribution in [2.45, 2.75) is 38.5 Å². The van der Waals surface area contributed by atoms with E-state index < -0.39 is 0 Å². The van der Waals surface area contributed by atoms with E-state index in [0.29, 0.717) is 22.6 Å². The lowest BCUT2D eigenvalue weighted by Gasteiger charge is -2.55. The first kappa shape index (κ1) is 16.1. The van der Waals surface area contributed by atoms with Gasteiger partial charge in [0, 0.05) is 12.4 Å². The number of amides is 2. The van der Waals surface area contributed by atoms with Crippen molar-refractivity contribution >= 4 is 23.2 Å². The van der Waals surface area contributed by atoms with Gasteiger partial charge in [0.05, 0.1) is 11.1 Å². The Hall–Kier alpha value is -2.08. The van der Waals surface area contributed by atoms with Gasteiger partial charge in [0.25, 0.3) is 5.91 Å². The molecular weight excluding hydrogens is 346 g/mol. The predicted octanol–water partition coefficient (Wildman–Crippen LogP) is 3.52. The predicted molar refractivity (Wildman–Crippen MR) is 99.9 cm³/mol. The fourth-order valence-electron chi connectivity index (χ4n) is 5.86. The highest BCUT2D eigenvalue weighted by Gasteiger charge is 2.54. The lowest BCUT2D eigenvalue weighted by atomic mass is 9.49. The second-order valence-electron chi connectivity index (χ2n) is 8.33. The van der Waals surface area contributed by atoms with Crippen molar-refractivity contribution in [3.05, 3.63) is 40.8 Å². The molecule has 0 atom stereocenters. The van der Waals surface area contributed by atoms with Crippen molar-refractivity contribution in [2.24, 2.45) is 23.2 Å². The van der Waals surface area contributed by atoms with E-state index in [0.717, 1.165) is 24.9 Å². The number of carbonyl (C=O) groups excluding carboxylic acids is 2. The first-order valence-corrected chi connectivity index (χ1v) is 10.3. The summed E-state index contributed by atoms with van der Waals surface area (Å²) in [6.45, 7) is 0. The van der Waals surface area contributed by atoms with Crippen LogP contribution in [0.15, 0.2) is 36.0 Å². The molecule has 4 aliphatic carbocycles. The molecule has 0 saturated heterocycles. The third kappa shape index (κ3) is 2.58. The molecule has 136 valence electrons. The summed E-state index contributed by atoms with van der Waals surface area (Å²) in [6, 6.07) is 5.77. The average Bonchev–Trinajstić information content (AvgIpc) is 3.28. The van der Waals surface area contributed by atoms with Gasteiger partial charge in [0.1, 0.15) is 4.88 Å². The van der Waals surface area contributed by atoms with Gasteiger partial charge in [0.2, 0.25) is 5.91 Å². The molecule has 2 heterocycles. The van der Waals surface area contributed by atoms with E-state index >= 15 is 0 Å². The molecule has 4 fully saturated rings. The van der Waals surface area contributed by atoms with Gasteiger partial charge in [-0.1, -0.05) is 0 Å². The second kappa shape index (κ2) is 5.98.